The molecule has 1 N–H and O–H groups in total. The van der Waals surface area contributed by atoms with Crippen LogP contribution < -0.4 is 10.1 Å². The first-order chi connectivity index (χ1) is 14.0. The molecule has 0 radical (unpaired) electrons. The third-order valence-electron chi connectivity index (χ3n) is 4.24. The van der Waals surface area contributed by atoms with Gasteiger partial charge in [-0.25, -0.2) is 9.97 Å². The number of thiophene rings is 1. The fraction of sp³-hybridized carbons (Fsp3) is 0.143. The predicted molar refractivity (Wildman–Crippen MR) is 115 cm³/mol. The normalized spacial score (nSPS) is 11.0. The lowest BCUT2D eigenvalue weighted by molar-refractivity contribution is -0.384. The molecule has 146 valence electrons. The summed E-state index contributed by atoms with van der Waals surface area (Å²) in [5, 5.41) is 17.3. The number of benzene rings is 2. The van der Waals surface area contributed by atoms with Gasteiger partial charge < -0.3 is 10.1 Å². The molecule has 4 rings (SSSR count). The maximum atomic E-state index is 11.2. The van der Waals surface area contributed by atoms with Crippen LogP contribution in [-0.2, 0) is 0 Å². The zero-order chi connectivity index (χ0) is 20.4. The van der Waals surface area contributed by atoms with Gasteiger partial charge in [0.1, 0.15) is 22.7 Å². The molecule has 29 heavy (non-hydrogen) atoms. The van der Waals surface area contributed by atoms with Gasteiger partial charge in [0.15, 0.2) is 0 Å². The van der Waals surface area contributed by atoms with Crippen molar-refractivity contribution >= 4 is 38.7 Å². The first-order valence-corrected chi connectivity index (χ1v) is 9.90. The number of ether oxygens (including phenoxy) is 1. The van der Waals surface area contributed by atoms with Crippen LogP contribution in [0.25, 0.3) is 21.3 Å². The second-order valence-electron chi connectivity index (χ2n) is 6.65. The topological polar surface area (TPSA) is 90.2 Å². The Balaban J connectivity index is 1.81. The number of fused-ring (bicyclic) bond motifs is 1. The summed E-state index contributed by atoms with van der Waals surface area (Å²) in [7, 11) is 0. The Bertz CT molecular complexity index is 1190. The molecule has 7 nitrogen and oxygen atoms in total. The van der Waals surface area contributed by atoms with Gasteiger partial charge in [-0.2, -0.15) is 0 Å². The number of nitro groups is 1. The van der Waals surface area contributed by atoms with Crippen LogP contribution in [0.2, 0.25) is 0 Å². The summed E-state index contributed by atoms with van der Waals surface area (Å²) in [6.07, 6.45) is 1.54. The molecule has 0 saturated heterocycles. The number of non-ortho nitro benzene ring substituents is 1. The van der Waals surface area contributed by atoms with E-state index in [1.807, 2.05) is 49.6 Å². The van der Waals surface area contributed by atoms with E-state index < -0.39 is 4.92 Å². The van der Waals surface area contributed by atoms with Crippen molar-refractivity contribution in [3.63, 3.8) is 0 Å². The van der Waals surface area contributed by atoms with Crippen molar-refractivity contribution in [1.29, 1.82) is 0 Å². The van der Waals surface area contributed by atoms with E-state index in [0.717, 1.165) is 32.8 Å². The van der Waals surface area contributed by atoms with Gasteiger partial charge in [0, 0.05) is 23.1 Å². The predicted octanol–water partition coefficient (Wildman–Crippen LogP) is 5.80. The highest BCUT2D eigenvalue weighted by Gasteiger charge is 2.16. The van der Waals surface area contributed by atoms with Gasteiger partial charge in [-0.1, -0.05) is 24.3 Å². The lowest BCUT2D eigenvalue weighted by Gasteiger charge is -2.15. The van der Waals surface area contributed by atoms with Gasteiger partial charge in [0.25, 0.3) is 5.69 Å². The lowest BCUT2D eigenvalue weighted by Crippen LogP contribution is -2.07. The number of nitro benzene ring substituents is 1. The number of anilines is 2. The Morgan fingerprint density at radius 1 is 1.14 bits per heavy atom. The second kappa shape index (κ2) is 7.84. The average Bonchev–Trinajstić information content (AvgIpc) is 3.14. The summed E-state index contributed by atoms with van der Waals surface area (Å²) in [6, 6.07) is 14.2. The maximum Gasteiger partial charge on any atom is 0.270 e. The largest absolute Gasteiger partial charge is 0.489 e. The summed E-state index contributed by atoms with van der Waals surface area (Å²) >= 11 is 1.47. The number of rotatable bonds is 6. The molecule has 0 bridgehead atoms. The molecule has 0 saturated carbocycles. The number of aromatic nitrogens is 2. The van der Waals surface area contributed by atoms with Crippen LogP contribution in [-0.4, -0.2) is 21.0 Å². The van der Waals surface area contributed by atoms with Crippen LogP contribution in [0.3, 0.4) is 0 Å². The van der Waals surface area contributed by atoms with Crippen LogP contribution in [0.4, 0.5) is 17.2 Å². The minimum Gasteiger partial charge on any atom is -0.489 e. The van der Waals surface area contributed by atoms with Crippen molar-refractivity contribution < 1.29 is 9.66 Å². The van der Waals surface area contributed by atoms with E-state index in [4.69, 9.17) is 4.74 Å². The minimum absolute atomic E-state index is 0.0324. The summed E-state index contributed by atoms with van der Waals surface area (Å²) < 4.78 is 5.89. The first kappa shape index (κ1) is 18.8. The molecule has 0 spiro atoms. The third kappa shape index (κ3) is 3.88. The molecular formula is C21H18N4O3S. The molecule has 2 aromatic heterocycles. The molecule has 0 aliphatic carbocycles. The van der Waals surface area contributed by atoms with Gasteiger partial charge in [-0.15, -0.1) is 11.3 Å². The molecule has 0 amide bonds. The van der Waals surface area contributed by atoms with E-state index in [2.05, 4.69) is 15.3 Å². The lowest BCUT2D eigenvalue weighted by atomic mass is 10.1. The SMILES string of the molecule is CC(C)Oc1ccccc1Nc1ncnc2scc(-c3cccc([N+](=O)[O-])c3)c12. The van der Waals surface area contributed by atoms with Crippen molar-refractivity contribution in [1.82, 2.24) is 9.97 Å². The summed E-state index contributed by atoms with van der Waals surface area (Å²) in [5.41, 5.74) is 2.43. The van der Waals surface area contributed by atoms with Gasteiger partial charge in [0.05, 0.1) is 22.1 Å². The van der Waals surface area contributed by atoms with Gasteiger partial charge in [-0.05, 0) is 31.5 Å². The molecule has 0 aliphatic heterocycles. The summed E-state index contributed by atoms with van der Waals surface area (Å²) in [4.78, 5) is 20.4. The highest BCUT2D eigenvalue weighted by atomic mass is 32.1. The van der Waals surface area contributed by atoms with Crippen LogP contribution in [0.5, 0.6) is 5.75 Å². The molecule has 0 aliphatic rings. The first-order valence-electron chi connectivity index (χ1n) is 9.02. The van der Waals surface area contributed by atoms with E-state index in [1.54, 1.807) is 12.1 Å². The van der Waals surface area contributed by atoms with E-state index in [1.165, 1.54) is 23.7 Å². The van der Waals surface area contributed by atoms with E-state index in [9.17, 15) is 10.1 Å². The average molecular weight is 406 g/mol. The van der Waals surface area contributed by atoms with Crippen molar-refractivity contribution in [3.05, 3.63) is 70.4 Å². The number of nitrogens with one attached hydrogen (secondary N) is 1. The number of para-hydroxylation sites is 2. The molecule has 0 atom stereocenters. The standard InChI is InChI=1S/C21H18N4O3S/c1-13(2)28-18-9-4-3-8-17(18)24-20-19-16(11-29-21(19)23-12-22-20)14-6-5-7-15(10-14)25(26)27/h3-13H,1-2H3,(H,22,23,24). The zero-order valence-corrected chi connectivity index (χ0v) is 16.6. The van der Waals surface area contributed by atoms with E-state index >= 15 is 0 Å². The fourth-order valence-electron chi connectivity index (χ4n) is 3.02. The van der Waals surface area contributed by atoms with Crippen LogP contribution >= 0.6 is 11.3 Å². The quantitative estimate of drug-likeness (QED) is 0.322. The monoisotopic (exact) mass is 406 g/mol. The molecule has 2 heterocycles. The summed E-state index contributed by atoms with van der Waals surface area (Å²) in [6.45, 7) is 3.94. The van der Waals surface area contributed by atoms with Crippen molar-refractivity contribution in [3.8, 4) is 16.9 Å². The van der Waals surface area contributed by atoms with E-state index in [0.29, 0.717) is 5.82 Å². The second-order valence-corrected chi connectivity index (χ2v) is 7.51. The molecule has 2 aromatic carbocycles. The van der Waals surface area contributed by atoms with Crippen molar-refractivity contribution in [2.45, 2.75) is 20.0 Å². The van der Waals surface area contributed by atoms with Crippen molar-refractivity contribution in [2.24, 2.45) is 0 Å². The van der Waals surface area contributed by atoms with Crippen LogP contribution in [0, 0.1) is 10.1 Å². The van der Waals surface area contributed by atoms with Gasteiger partial charge >= 0.3 is 0 Å². The highest BCUT2D eigenvalue weighted by molar-refractivity contribution is 7.17. The highest BCUT2D eigenvalue weighted by Crippen LogP contribution is 2.39. The van der Waals surface area contributed by atoms with Gasteiger partial charge in [-0.3, -0.25) is 10.1 Å². The third-order valence-corrected chi connectivity index (χ3v) is 5.13. The van der Waals surface area contributed by atoms with Crippen LogP contribution in [0.1, 0.15) is 13.8 Å². The zero-order valence-electron chi connectivity index (χ0n) is 15.8. The number of hydrogen-bond donors (Lipinski definition) is 1. The maximum absolute atomic E-state index is 11.2. The number of nitrogens with zero attached hydrogens (tertiary/aromatic N) is 3. The smallest absolute Gasteiger partial charge is 0.270 e. The Morgan fingerprint density at radius 2 is 1.97 bits per heavy atom. The molecule has 8 heteroatoms. The molecule has 0 unspecified atom stereocenters. The fourth-order valence-corrected chi connectivity index (χ4v) is 3.94. The van der Waals surface area contributed by atoms with E-state index in [-0.39, 0.29) is 11.8 Å². The minimum atomic E-state index is -0.396. The number of hydrogen-bond acceptors (Lipinski definition) is 7. The Morgan fingerprint density at radius 3 is 2.76 bits per heavy atom. The Kier molecular flexibility index (Phi) is 5.09. The van der Waals surface area contributed by atoms with Crippen molar-refractivity contribution in [2.75, 3.05) is 5.32 Å². The summed E-state index contributed by atoms with van der Waals surface area (Å²) in [5.74, 6) is 1.35. The molecular weight excluding hydrogens is 388 g/mol. The Hall–Kier alpha value is -3.52. The Labute approximate surface area is 171 Å². The molecule has 0 fully saturated rings. The van der Waals surface area contributed by atoms with Gasteiger partial charge in [0.2, 0.25) is 0 Å². The van der Waals surface area contributed by atoms with Crippen LogP contribution in [0.15, 0.2) is 60.2 Å². The molecule has 4 aromatic rings.